The van der Waals surface area contributed by atoms with Crippen molar-refractivity contribution in [3.8, 4) is 0 Å². The third kappa shape index (κ3) is 2.04. The first-order chi connectivity index (χ1) is 7.59. The van der Waals surface area contributed by atoms with E-state index in [0.717, 1.165) is 17.9 Å². The number of nitrogens with zero attached hydrogens (tertiary/aromatic N) is 1. The van der Waals surface area contributed by atoms with Crippen molar-refractivity contribution >= 4 is 17.7 Å². The van der Waals surface area contributed by atoms with Gasteiger partial charge in [0, 0.05) is 18.4 Å². The Kier molecular flexibility index (Phi) is 3.14. The monoisotopic (exact) mass is 243 g/mol. The van der Waals surface area contributed by atoms with Gasteiger partial charge >= 0.3 is 0 Å². The molecule has 0 saturated carbocycles. The molecule has 1 aliphatic heterocycles. The van der Waals surface area contributed by atoms with Gasteiger partial charge in [-0.25, -0.2) is 8.78 Å². The summed E-state index contributed by atoms with van der Waals surface area (Å²) in [5.41, 5.74) is -0.0595. The fourth-order valence-corrected chi connectivity index (χ4v) is 2.70. The number of hydrogen-bond acceptors (Lipinski definition) is 2. The predicted molar refractivity (Wildman–Crippen MR) is 59.3 cm³/mol. The Morgan fingerprint density at radius 1 is 1.50 bits per heavy atom. The second-order valence-electron chi connectivity index (χ2n) is 3.59. The van der Waals surface area contributed by atoms with Gasteiger partial charge in [-0.05, 0) is 19.1 Å². The van der Waals surface area contributed by atoms with E-state index < -0.39 is 11.6 Å². The fraction of sp³-hybridized carbons (Fsp3) is 0.364. The summed E-state index contributed by atoms with van der Waals surface area (Å²) < 4.78 is 26.1. The zero-order valence-corrected chi connectivity index (χ0v) is 9.56. The van der Waals surface area contributed by atoms with E-state index in [2.05, 4.69) is 0 Å². The summed E-state index contributed by atoms with van der Waals surface area (Å²) in [5, 5.41) is 0.0527. The highest BCUT2D eigenvalue weighted by Crippen LogP contribution is 2.25. The molecule has 1 amide bonds. The summed E-state index contributed by atoms with van der Waals surface area (Å²) in [5.74, 6) is -0.975. The van der Waals surface area contributed by atoms with Crippen LogP contribution in [0.15, 0.2) is 18.2 Å². The molecule has 5 heteroatoms. The van der Waals surface area contributed by atoms with E-state index in [1.165, 1.54) is 6.07 Å². The van der Waals surface area contributed by atoms with E-state index in [1.54, 1.807) is 16.7 Å². The average molecular weight is 243 g/mol. The van der Waals surface area contributed by atoms with E-state index in [4.69, 9.17) is 0 Å². The highest BCUT2D eigenvalue weighted by molar-refractivity contribution is 8.00. The lowest BCUT2D eigenvalue weighted by molar-refractivity contribution is 0.0764. The average Bonchev–Trinajstić information content (AvgIpc) is 2.63. The predicted octanol–water partition coefficient (Wildman–Crippen LogP) is 2.50. The SMILES string of the molecule is CC1SCCN1C(=O)c1ccc(F)cc1F. The second-order valence-corrected chi connectivity index (χ2v) is 5.02. The summed E-state index contributed by atoms with van der Waals surface area (Å²) in [6.07, 6.45) is 0. The number of rotatable bonds is 1. The van der Waals surface area contributed by atoms with E-state index in [0.29, 0.717) is 6.54 Å². The molecule has 16 heavy (non-hydrogen) atoms. The number of amides is 1. The normalized spacial score (nSPS) is 20.2. The first-order valence-corrected chi connectivity index (χ1v) is 6.02. The van der Waals surface area contributed by atoms with Crippen molar-refractivity contribution in [1.82, 2.24) is 4.90 Å². The molecule has 2 nitrogen and oxygen atoms in total. The zero-order valence-electron chi connectivity index (χ0n) is 8.74. The molecule has 1 atom stereocenters. The van der Waals surface area contributed by atoms with Gasteiger partial charge in [0.15, 0.2) is 0 Å². The quantitative estimate of drug-likeness (QED) is 0.755. The van der Waals surface area contributed by atoms with Gasteiger partial charge in [0.25, 0.3) is 5.91 Å². The molecule has 0 N–H and O–H groups in total. The second kappa shape index (κ2) is 4.41. The standard InChI is InChI=1S/C11H11F2NOS/c1-7-14(4-5-16-7)11(15)9-3-2-8(12)6-10(9)13/h2-3,6-7H,4-5H2,1H3. The largest absolute Gasteiger partial charge is 0.326 e. The molecule has 0 aromatic heterocycles. The highest BCUT2D eigenvalue weighted by atomic mass is 32.2. The number of benzene rings is 1. The summed E-state index contributed by atoms with van der Waals surface area (Å²) in [6, 6.07) is 3.04. The van der Waals surface area contributed by atoms with Gasteiger partial charge in [-0.3, -0.25) is 4.79 Å². The van der Waals surface area contributed by atoms with Crippen LogP contribution in [0.4, 0.5) is 8.78 Å². The van der Waals surface area contributed by atoms with Crippen molar-refractivity contribution < 1.29 is 13.6 Å². The molecule has 1 aromatic rings. The Bertz CT molecular complexity index is 424. The van der Waals surface area contributed by atoms with Crippen LogP contribution in [0.2, 0.25) is 0 Å². The Morgan fingerprint density at radius 2 is 2.25 bits per heavy atom. The van der Waals surface area contributed by atoms with Crippen LogP contribution in [-0.4, -0.2) is 28.5 Å². The van der Waals surface area contributed by atoms with Crippen LogP contribution in [0.3, 0.4) is 0 Å². The fourth-order valence-electron chi connectivity index (χ4n) is 1.68. The van der Waals surface area contributed by atoms with Crippen molar-refractivity contribution in [3.63, 3.8) is 0 Å². The van der Waals surface area contributed by atoms with E-state index in [1.807, 2.05) is 6.92 Å². The Morgan fingerprint density at radius 3 is 2.81 bits per heavy atom. The molecule has 0 radical (unpaired) electrons. The number of halogens is 2. The van der Waals surface area contributed by atoms with Gasteiger partial charge in [0.05, 0.1) is 10.9 Å². The van der Waals surface area contributed by atoms with Crippen LogP contribution in [0.1, 0.15) is 17.3 Å². The number of carbonyl (C=O) groups excluding carboxylic acids is 1. The first kappa shape index (κ1) is 11.4. The third-order valence-corrected chi connectivity index (χ3v) is 3.71. The first-order valence-electron chi connectivity index (χ1n) is 4.97. The topological polar surface area (TPSA) is 20.3 Å². The number of thioether (sulfide) groups is 1. The van der Waals surface area contributed by atoms with E-state index in [-0.39, 0.29) is 16.8 Å². The minimum Gasteiger partial charge on any atom is -0.326 e. The van der Waals surface area contributed by atoms with Crippen molar-refractivity contribution in [2.45, 2.75) is 12.3 Å². The van der Waals surface area contributed by atoms with Crippen LogP contribution in [0.5, 0.6) is 0 Å². The summed E-state index contributed by atoms with van der Waals surface area (Å²) >= 11 is 1.65. The minimum absolute atomic E-state index is 0.0527. The Balaban J connectivity index is 2.27. The Hall–Kier alpha value is -1.10. The molecule has 2 rings (SSSR count). The smallest absolute Gasteiger partial charge is 0.257 e. The molecule has 0 bridgehead atoms. The molecule has 0 spiro atoms. The van der Waals surface area contributed by atoms with Crippen molar-refractivity contribution in [3.05, 3.63) is 35.4 Å². The summed E-state index contributed by atoms with van der Waals surface area (Å²) in [4.78, 5) is 13.5. The molecular formula is C11H11F2NOS. The third-order valence-electron chi connectivity index (χ3n) is 2.55. The maximum absolute atomic E-state index is 13.4. The van der Waals surface area contributed by atoms with Gasteiger partial charge in [0.2, 0.25) is 0 Å². The maximum atomic E-state index is 13.4. The van der Waals surface area contributed by atoms with Crippen molar-refractivity contribution in [2.24, 2.45) is 0 Å². The minimum atomic E-state index is -0.797. The maximum Gasteiger partial charge on any atom is 0.257 e. The molecule has 0 aliphatic carbocycles. The molecule has 86 valence electrons. The molecule has 1 heterocycles. The Labute approximate surface area is 96.6 Å². The zero-order chi connectivity index (χ0) is 11.7. The van der Waals surface area contributed by atoms with Gasteiger partial charge in [-0.1, -0.05) is 0 Å². The molecule has 1 aliphatic rings. The van der Waals surface area contributed by atoms with Gasteiger partial charge in [-0.2, -0.15) is 0 Å². The number of hydrogen-bond donors (Lipinski definition) is 0. The van der Waals surface area contributed by atoms with E-state index in [9.17, 15) is 13.6 Å². The van der Waals surface area contributed by atoms with Crippen LogP contribution in [0, 0.1) is 11.6 Å². The molecular weight excluding hydrogens is 232 g/mol. The highest BCUT2D eigenvalue weighted by Gasteiger charge is 2.28. The van der Waals surface area contributed by atoms with Crippen LogP contribution >= 0.6 is 11.8 Å². The molecule has 1 saturated heterocycles. The number of carbonyl (C=O) groups is 1. The van der Waals surface area contributed by atoms with Crippen molar-refractivity contribution in [2.75, 3.05) is 12.3 Å². The van der Waals surface area contributed by atoms with Crippen LogP contribution < -0.4 is 0 Å². The van der Waals surface area contributed by atoms with Gasteiger partial charge < -0.3 is 4.90 Å². The van der Waals surface area contributed by atoms with E-state index >= 15 is 0 Å². The van der Waals surface area contributed by atoms with Crippen molar-refractivity contribution in [1.29, 1.82) is 0 Å². The van der Waals surface area contributed by atoms with Crippen LogP contribution in [-0.2, 0) is 0 Å². The summed E-state index contributed by atoms with van der Waals surface area (Å²) in [6.45, 7) is 2.51. The molecule has 1 unspecified atom stereocenters. The van der Waals surface area contributed by atoms with Gasteiger partial charge in [0.1, 0.15) is 11.6 Å². The lowest BCUT2D eigenvalue weighted by Gasteiger charge is -2.20. The summed E-state index contributed by atoms with van der Waals surface area (Å²) in [7, 11) is 0. The van der Waals surface area contributed by atoms with Crippen LogP contribution in [0.25, 0.3) is 0 Å². The van der Waals surface area contributed by atoms with Gasteiger partial charge in [-0.15, -0.1) is 11.8 Å². The molecule has 1 aromatic carbocycles. The lowest BCUT2D eigenvalue weighted by Crippen LogP contribution is -2.33. The molecule has 1 fully saturated rings. The lowest BCUT2D eigenvalue weighted by atomic mass is 10.2.